The van der Waals surface area contributed by atoms with E-state index in [2.05, 4.69) is 0 Å². The molecule has 0 bridgehead atoms. The van der Waals surface area contributed by atoms with Crippen LogP contribution in [0.15, 0.2) is 30.3 Å². The lowest BCUT2D eigenvalue weighted by Gasteiger charge is -2.25. The monoisotopic (exact) mass is 236 g/mol. The molecule has 92 valence electrons. The maximum atomic E-state index is 11.3. The van der Waals surface area contributed by atoms with E-state index in [-0.39, 0.29) is 0 Å². The zero-order chi connectivity index (χ0) is 12.9. The van der Waals surface area contributed by atoms with Crippen molar-refractivity contribution < 1.29 is 19.4 Å². The van der Waals surface area contributed by atoms with Gasteiger partial charge in [0.05, 0.1) is 0 Å². The van der Waals surface area contributed by atoms with Gasteiger partial charge in [-0.25, -0.2) is 0 Å². The number of hydrogen-bond acceptors (Lipinski definition) is 3. The highest BCUT2D eigenvalue weighted by molar-refractivity contribution is 5.90. The molecule has 1 aromatic rings. The molecule has 17 heavy (non-hydrogen) atoms. The number of rotatable bonds is 5. The smallest absolute Gasteiger partial charge is 0.317 e. The number of hydrogen-bond donors (Lipinski definition) is 1. The van der Waals surface area contributed by atoms with E-state index in [4.69, 9.17) is 9.84 Å². The van der Waals surface area contributed by atoms with Crippen molar-refractivity contribution in [3.63, 3.8) is 0 Å². The van der Waals surface area contributed by atoms with Crippen LogP contribution in [0.2, 0.25) is 0 Å². The molecule has 0 saturated carbocycles. The minimum atomic E-state index is -1.18. The van der Waals surface area contributed by atoms with Gasteiger partial charge in [-0.2, -0.15) is 0 Å². The molecule has 0 amide bonds. The number of esters is 1. The Balaban J connectivity index is 2.57. The average Bonchev–Trinajstić information content (AvgIpc) is 2.15. The lowest BCUT2D eigenvalue weighted by molar-refractivity contribution is -0.160. The zero-order valence-corrected chi connectivity index (χ0v) is 9.97. The third-order valence-electron chi connectivity index (χ3n) is 2.16. The molecule has 0 atom stereocenters. The Hall–Kier alpha value is -1.84. The lowest BCUT2D eigenvalue weighted by Crippen LogP contribution is -2.31. The van der Waals surface area contributed by atoms with Crippen LogP contribution < -0.4 is 0 Å². The fourth-order valence-corrected chi connectivity index (χ4v) is 1.59. The van der Waals surface area contributed by atoms with E-state index in [1.807, 2.05) is 30.3 Å². The largest absolute Gasteiger partial charge is 0.481 e. The van der Waals surface area contributed by atoms with Gasteiger partial charge in [0, 0.05) is 6.42 Å². The third-order valence-corrected chi connectivity index (χ3v) is 2.16. The fraction of sp³-hybridized carbons (Fsp3) is 0.385. The molecule has 0 aliphatic heterocycles. The van der Waals surface area contributed by atoms with Crippen LogP contribution in [-0.4, -0.2) is 22.6 Å². The molecule has 1 aromatic carbocycles. The molecular weight excluding hydrogens is 220 g/mol. The Labute approximate surface area is 100 Å². The van der Waals surface area contributed by atoms with E-state index in [0.29, 0.717) is 6.42 Å². The molecule has 4 heteroatoms. The maximum Gasteiger partial charge on any atom is 0.317 e. The molecule has 0 spiro atoms. The Bertz CT molecular complexity index is 395. The van der Waals surface area contributed by atoms with Gasteiger partial charge in [0.1, 0.15) is 12.0 Å². The van der Waals surface area contributed by atoms with E-state index in [0.717, 1.165) is 5.56 Å². The first kappa shape index (κ1) is 13.2. The Morgan fingerprint density at radius 3 is 2.35 bits per heavy atom. The van der Waals surface area contributed by atoms with Gasteiger partial charge in [0.2, 0.25) is 0 Å². The Kier molecular flexibility index (Phi) is 4.26. The molecule has 1 rings (SSSR count). The van der Waals surface area contributed by atoms with Crippen molar-refractivity contribution in [3.05, 3.63) is 35.9 Å². The Morgan fingerprint density at radius 1 is 1.24 bits per heavy atom. The van der Waals surface area contributed by atoms with Crippen LogP contribution in [0.4, 0.5) is 0 Å². The third kappa shape index (κ3) is 5.15. The summed E-state index contributed by atoms with van der Waals surface area (Å²) in [4.78, 5) is 21.6. The summed E-state index contributed by atoms with van der Waals surface area (Å²) >= 11 is 0. The van der Waals surface area contributed by atoms with Gasteiger partial charge in [0.15, 0.2) is 0 Å². The summed E-state index contributed by atoms with van der Waals surface area (Å²) in [5.41, 5.74) is 0.342. The van der Waals surface area contributed by atoms with E-state index in [1.165, 1.54) is 0 Å². The van der Waals surface area contributed by atoms with Gasteiger partial charge in [-0.05, 0) is 19.4 Å². The average molecular weight is 236 g/mol. The van der Waals surface area contributed by atoms with Gasteiger partial charge in [-0.15, -0.1) is 0 Å². The molecule has 0 fully saturated rings. The fourth-order valence-electron chi connectivity index (χ4n) is 1.59. The molecule has 0 aliphatic carbocycles. The maximum absolute atomic E-state index is 11.3. The van der Waals surface area contributed by atoms with Crippen molar-refractivity contribution >= 4 is 11.9 Å². The number of carbonyl (C=O) groups excluding carboxylic acids is 1. The number of carboxylic acids is 1. The molecule has 0 heterocycles. The SMILES string of the molecule is CC(C)(Cc1ccccc1)OC(=O)CC(=O)O. The van der Waals surface area contributed by atoms with Crippen LogP contribution in [0.1, 0.15) is 25.8 Å². The van der Waals surface area contributed by atoms with Gasteiger partial charge in [-0.1, -0.05) is 30.3 Å². The van der Waals surface area contributed by atoms with Gasteiger partial charge < -0.3 is 9.84 Å². The second-order valence-corrected chi connectivity index (χ2v) is 4.47. The van der Waals surface area contributed by atoms with E-state index in [9.17, 15) is 9.59 Å². The topological polar surface area (TPSA) is 63.6 Å². The number of carbonyl (C=O) groups is 2. The number of benzene rings is 1. The van der Waals surface area contributed by atoms with Crippen LogP contribution in [0.25, 0.3) is 0 Å². The van der Waals surface area contributed by atoms with Crippen molar-refractivity contribution in [1.82, 2.24) is 0 Å². The second kappa shape index (κ2) is 5.48. The minimum absolute atomic E-state index is 0.555. The highest BCUT2D eigenvalue weighted by Crippen LogP contribution is 2.17. The summed E-state index contributed by atoms with van der Waals surface area (Å²) in [6.07, 6.45) is -0.0442. The lowest BCUT2D eigenvalue weighted by atomic mass is 9.98. The quantitative estimate of drug-likeness (QED) is 0.627. The summed E-state index contributed by atoms with van der Waals surface area (Å²) in [7, 11) is 0. The zero-order valence-electron chi connectivity index (χ0n) is 9.97. The predicted molar refractivity (Wildman–Crippen MR) is 62.6 cm³/mol. The first-order valence-corrected chi connectivity index (χ1v) is 5.37. The van der Waals surface area contributed by atoms with Crippen molar-refractivity contribution in [1.29, 1.82) is 0 Å². The standard InChI is InChI=1S/C13H16O4/c1-13(2,17-12(16)8-11(14)15)9-10-6-4-3-5-7-10/h3-7H,8-9H2,1-2H3,(H,14,15). The van der Waals surface area contributed by atoms with Crippen molar-refractivity contribution in [3.8, 4) is 0 Å². The molecule has 0 unspecified atom stereocenters. The predicted octanol–water partition coefficient (Wildman–Crippen LogP) is 2.03. The highest BCUT2D eigenvalue weighted by atomic mass is 16.6. The summed E-state index contributed by atoms with van der Waals surface area (Å²) in [5, 5.41) is 8.47. The van der Waals surface area contributed by atoms with Gasteiger partial charge >= 0.3 is 11.9 Å². The first-order valence-electron chi connectivity index (χ1n) is 5.37. The van der Waals surface area contributed by atoms with Crippen molar-refractivity contribution in [2.24, 2.45) is 0 Å². The van der Waals surface area contributed by atoms with Crippen LogP contribution in [0.3, 0.4) is 0 Å². The summed E-state index contributed by atoms with van der Waals surface area (Å²) in [6.45, 7) is 3.53. The molecular formula is C13H16O4. The van der Waals surface area contributed by atoms with Crippen LogP contribution >= 0.6 is 0 Å². The number of carboxylic acid groups (broad SMARTS) is 1. The summed E-state index contributed by atoms with van der Waals surface area (Å²) in [6, 6.07) is 9.60. The number of aliphatic carboxylic acids is 1. The van der Waals surface area contributed by atoms with Crippen LogP contribution in [0.5, 0.6) is 0 Å². The van der Waals surface area contributed by atoms with Gasteiger partial charge in [-0.3, -0.25) is 9.59 Å². The van der Waals surface area contributed by atoms with Gasteiger partial charge in [0.25, 0.3) is 0 Å². The molecule has 0 aromatic heterocycles. The normalized spacial score (nSPS) is 10.9. The molecule has 0 saturated heterocycles. The summed E-state index contributed by atoms with van der Waals surface area (Å²) in [5.74, 6) is -1.89. The molecule has 0 radical (unpaired) electrons. The van der Waals surface area contributed by atoms with Crippen LogP contribution in [0, 0.1) is 0 Å². The highest BCUT2D eigenvalue weighted by Gasteiger charge is 2.24. The van der Waals surface area contributed by atoms with Crippen molar-refractivity contribution in [2.45, 2.75) is 32.3 Å². The Morgan fingerprint density at radius 2 is 1.82 bits per heavy atom. The second-order valence-electron chi connectivity index (χ2n) is 4.47. The van der Waals surface area contributed by atoms with Crippen LogP contribution in [-0.2, 0) is 20.7 Å². The summed E-state index contributed by atoms with van der Waals surface area (Å²) < 4.78 is 5.13. The van der Waals surface area contributed by atoms with E-state index in [1.54, 1.807) is 13.8 Å². The number of ether oxygens (including phenoxy) is 1. The van der Waals surface area contributed by atoms with E-state index >= 15 is 0 Å². The minimum Gasteiger partial charge on any atom is -0.481 e. The molecule has 4 nitrogen and oxygen atoms in total. The first-order chi connectivity index (χ1) is 7.89. The molecule has 1 N–H and O–H groups in total. The van der Waals surface area contributed by atoms with E-state index < -0.39 is 24.0 Å². The molecule has 0 aliphatic rings. The van der Waals surface area contributed by atoms with Crippen molar-refractivity contribution in [2.75, 3.05) is 0 Å².